The Bertz CT molecular complexity index is 1740. The first-order valence-electron chi connectivity index (χ1n) is 11.2. The molecule has 4 rings (SSSR count). The average Bonchev–Trinajstić information content (AvgIpc) is 3.41. The molecule has 0 bridgehead atoms. The molecule has 1 N–H and O–H groups in total. The Morgan fingerprint density at radius 3 is 2.38 bits per heavy atom. The lowest BCUT2D eigenvalue weighted by atomic mass is 10.1. The zero-order valence-electron chi connectivity index (χ0n) is 20.5. The highest BCUT2D eigenvalue weighted by atomic mass is 79.9. The maximum Gasteiger partial charge on any atom is 0.268 e. The number of anilines is 1. The largest absolute Gasteiger partial charge is 0.492 e. The van der Waals surface area contributed by atoms with Gasteiger partial charge in [-0.2, -0.15) is 0 Å². The summed E-state index contributed by atoms with van der Waals surface area (Å²) in [7, 11) is -4.02. The first kappa shape index (κ1) is 29.5. The third kappa shape index (κ3) is 5.43. The molecule has 0 saturated heterocycles. The van der Waals surface area contributed by atoms with E-state index in [1.807, 2.05) is 0 Å². The molecule has 0 unspecified atom stereocenters. The SMILES string of the molecule is CCOc1ccc(F)c(C(=O)c2ccc(-c3cccc(NS(=O)(=O)c4c(F)c(F)c(Br)c(F)c4OC)c3)s2)c1F. The minimum absolute atomic E-state index is 0.0138. The highest BCUT2D eigenvalue weighted by Crippen LogP contribution is 2.38. The lowest BCUT2D eigenvalue weighted by Crippen LogP contribution is -2.18. The van der Waals surface area contributed by atoms with Gasteiger partial charge >= 0.3 is 0 Å². The summed E-state index contributed by atoms with van der Waals surface area (Å²) in [6.45, 7) is 1.71. The molecule has 0 radical (unpaired) electrons. The summed E-state index contributed by atoms with van der Waals surface area (Å²) >= 11 is 3.39. The van der Waals surface area contributed by atoms with Gasteiger partial charge in [0.25, 0.3) is 10.0 Å². The lowest BCUT2D eigenvalue weighted by Gasteiger charge is -2.15. The summed E-state index contributed by atoms with van der Waals surface area (Å²) in [5, 5.41) is 0. The second-order valence-corrected chi connectivity index (χ2v) is 11.5. The van der Waals surface area contributed by atoms with Crippen molar-refractivity contribution in [3.63, 3.8) is 0 Å². The zero-order chi connectivity index (χ0) is 29.4. The van der Waals surface area contributed by atoms with E-state index in [9.17, 15) is 35.2 Å². The molecule has 0 aliphatic rings. The molecular weight excluding hydrogens is 645 g/mol. The highest BCUT2D eigenvalue weighted by Gasteiger charge is 2.33. The fraction of sp³-hybridized carbons (Fsp3) is 0.115. The Labute approximate surface area is 237 Å². The third-order valence-corrected chi connectivity index (χ3v) is 8.70. The van der Waals surface area contributed by atoms with Crippen LogP contribution in [0.1, 0.15) is 22.2 Å². The maximum atomic E-state index is 14.8. The fourth-order valence-electron chi connectivity index (χ4n) is 3.70. The molecule has 0 saturated carbocycles. The molecule has 0 aliphatic carbocycles. The van der Waals surface area contributed by atoms with E-state index >= 15 is 0 Å². The number of ketones is 1. The smallest absolute Gasteiger partial charge is 0.268 e. The van der Waals surface area contributed by atoms with Crippen molar-refractivity contribution in [1.82, 2.24) is 0 Å². The Balaban J connectivity index is 1.67. The van der Waals surface area contributed by atoms with Crippen LogP contribution >= 0.6 is 27.3 Å². The number of rotatable bonds is 9. The predicted molar refractivity (Wildman–Crippen MR) is 142 cm³/mol. The van der Waals surface area contributed by atoms with Gasteiger partial charge in [0.05, 0.1) is 28.6 Å². The molecule has 4 aromatic rings. The number of methoxy groups -OCH3 is 1. The summed E-state index contributed by atoms with van der Waals surface area (Å²) < 4.78 is 109. The number of hydrogen-bond donors (Lipinski definition) is 1. The summed E-state index contributed by atoms with van der Waals surface area (Å²) in [6.07, 6.45) is 0. The van der Waals surface area contributed by atoms with E-state index < -0.39 is 65.6 Å². The van der Waals surface area contributed by atoms with Gasteiger partial charge < -0.3 is 9.47 Å². The van der Waals surface area contributed by atoms with Crippen molar-refractivity contribution in [2.75, 3.05) is 18.4 Å². The van der Waals surface area contributed by atoms with Crippen molar-refractivity contribution in [1.29, 1.82) is 0 Å². The monoisotopic (exact) mass is 661 g/mol. The normalized spacial score (nSPS) is 11.4. The molecule has 0 fully saturated rings. The molecule has 3 aromatic carbocycles. The Morgan fingerprint density at radius 1 is 0.975 bits per heavy atom. The van der Waals surface area contributed by atoms with Crippen molar-refractivity contribution in [3.05, 3.63) is 92.5 Å². The standard InChI is InChI=1S/C26H17BrF5NO5S2/c1-3-38-15-8-7-14(28)18(20(15)29)24(34)17-10-9-16(39-17)12-5-4-6-13(11-12)33-40(35,36)26-23(32)21(30)19(27)22(31)25(26)37-2/h4-11,33H,3H2,1-2H3. The first-order chi connectivity index (χ1) is 18.9. The van der Waals surface area contributed by atoms with Gasteiger partial charge in [-0.15, -0.1) is 11.3 Å². The van der Waals surface area contributed by atoms with Crippen LogP contribution in [0.4, 0.5) is 27.6 Å². The molecule has 1 heterocycles. The molecular formula is C26H17BrF5NO5S2. The van der Waals surface area contributed by atoms with Crippen LogP contribution in [-0.2, 0) is 10.0 Å². The van der Waals surface area contributed by atoms with Crippen LogP contribution in [0, 0.1) is 29.1 Å². The second-order valence-electron chi connectivity index (χ2n) is 7.97. The van der Waals surface area contributed by atoms with E-state index in [4.69, 9.17) is 4.74 Å². The quantitative estimate of drug-likeness (QED) is 0.0880. The maximum absolute atomic E-state index is 14.8. The van der Waals surface area contributed by atoms with Crippen molar-refractivity contribution < 1.29 is 44.6 Å². The summed E-state index contributed by atoms with van der Waals surface area (Å²) in [5.74, 6) is -9.52. The molecule has 6 nitrogen and oxygen atoms in total. The van der Waals surface area contributed by atoms with Crippen molar-refractivity contribution in [2.45, 2.75) is 11.8 Å². The number of sulfonamides is 1. The van der Waals surface area contributed by atoms with Gasteiger partial charge in [-0.3, -0.25) is 9.52 Å². The molecule has 40 heavy (non-hydrogen) atoms. The number of benzene rings is 3. The van der Waals surface area contributed by atoms with Crippen LogP contribution in [0.15, 0.2) is 57.9 Å². The summed E-state index contributed by atoms with van der Waals surface area (Å²) in [5.41, 5.74) is -0.537. The highest BCUT2D eigenvalue weighted by molar-refractivity contribution is 9.10. The Morgan fingerprint density at radius 2 is 1.70 bits per heavy atom. The number of carbonyl (C=O) groups excluding carboxylic acids is 1. The van der Waals surface area contributed by atoms with Gasteiger partial charge in [0.15, 0.2) is 39.7 Å². The van der Waals surface area contributed by atoms with Crippen LogP contribution < -0.4 is 14.2 Å². The topological polar surface area (TPSA) is 81.7 Å². The molecule has 0 amide bonds. The average molecular weight is 662 g/mol. The fourth-order valence-corrected chi connectivity index (χ4v) is 6.29. The van der Waals surface area contributed by atoms with Gasteiger partial charge in [-0.05, 0) is 64.8 Å². The van der Waals surface area contributed by atoms with Crippen LogP contribution in [-0.4, -0.2) is 27.9 Å². The van der Waals surface area contributed by atoms with Gasteiger partial charge in [0, 0.05) is 10.6 Å². The van der Waals surface area contributed by atoms with Gasteiger partial charge in [0.2, 0.25) is 5.78 Å². The summed E-state index contributed by atoms with van der Waals surface area (Å²) in [4.78, 5) is 12.0. The number of thiophene rings is 1. The van der Waals surface area contributed by atoms with Crippen LogP contribution in [0.5, 0.6) is 11.5 Å². The molecule has 0 aliphatic heterocycles. The number of nitrogens with one attached hydrogen (secondary N) is 1. The van der Waals surface area contributed by atoms with E-state index in [0.29, 0.717) is 10.4 Å². The van der Waals surface area contributed by atoms with E-state index in [1.54, 1.807) is 13.0 Å². The van der Waals surface area contributed by atoms with Gasteiger partial charge in [-0.1, -0.05) is 12.1 Å². The van der Waals surface area contributed by atoms with Crippen LogP contribution in [0.2, 0.25) is 0 Å². The molecule has 14 heteroatoms. The Hall–Kier alpha value is -3.49. The minimum Gasteiger partial charge on any atom is -0.492 e. The van der Waals surface area contributed by atoms with E-state index in [0.717, 1.165) is 30.6 Å². The number of halogens is 6. The molecule has 0 spiro atoms. The number of carbonyl (C=O) groups is 1. The summed E-state index contributed by atoms with van der Waals surface area (Å²) in [6, 6.07) is 10.4. The first-order valence-corrected chi connectivity index (χ1v) is 14.3. The van der Waals surface area contributed by atoms with Crippen molar-refractivity contribution in [3.8, 4) is 21.9 Å². The number of hydrogen-bond acceptors (Lipinski definition) is 6. The Kier molecular flexibility index (Phi) is 8.52. The van der Waals surface area contributed by atoms with E-state index in [2.05, 4.69) is 25.4 Å². The molecule has 1 aromatic heterocycles. The van der Waals surface area contributed by atoms with Crippen molar-refractivity contribution >= 4 is 48.8 Å². The molecule has 210 valence electrons. The van der Waals surface area contributed by atoms with Gasteiger partial charge in [-0.25, -0.2) is 30.4 Å². The predicted octanol–water partition coefficient (Wildman–Crippen LogP) is 7.31. The zero-order valence-corrected chi connectivity index (χ0v) is 23.7. The van der Waals surface area contributed by atoms with Crippen LogP contribution in [0.3, 0.4) is 0 Å². The second kappa shape index (κ2) is 11.6. The molecule has 0 atom stereocenters. The van der Waals surface area contributed by atoms with E-state index in [1.165, 1.54) is 30.3 Å². The van der Waals surface area contributed by atoms with Crippen molar-refractivity contribution in [2.24, 2.45) is 0 Å². The minimum atomic E-state index is -4.91. The number of ether oxygens (including phenoxy) is 2. The van der Waals surface area contributed by atoms with Crippen LogP contribution in [0.25, 0.3) is 10.4 Å². The van der Waals surface area contributed by atoms with E-state index in [-0.39, 0.29) is 22.9 Å². The third-order valence-electron chi connectivity index (χ3n) is 5.47. The lowest BCUT2D eigenvalue weighted by molar-refractivity contribution is 0.103. The van der Waals surface area contributed by atoms with Gasteiger partial charge in [0.1, 0.15) is 5.82 Å².